The largest absolute Gasteiger partial charge is 0.493 e. The lowest BCUT2D eigenvalue weighted by molar-refractivity contribution is 0.111. The molecule has 0 aliphatic carbocycles. The molecule has 0 N–H and O–H groups in total. The number of para-hydroxylation sites is 1. The fraction of sp³-hybridized carbons (Fsp3) is 0.333. The minimum absolute atomic E-state index is 0.392. The maximum atomic E-state index is 5.82. The van der Waals surface area contributed by atoms with Crippen molar-refractivity contribution >= 4 is 0 Å². The van der Waals surface area contributed by atoms with E-state index < -0.39 is 0 Å². The second kappa shape index (κ2) is 6.58. The summed E-state index contributed by atoms with van der Waals surface area (Å²) in [4.78, 5) is 0. The molecule has 0 amide bonds. The third-order valence-corrected chi connectivity index (χ3v) is 3.71. The Hall–Kier alpha value is -1.80. The Kier molecular flexibility index (Phi) is 4.34. The summed E-state index contributed by atoms with van der Waals surface area (Å²) in [6.45, 7) is 2.32. The van der Waals surface area contributed by atoms with Crippen LogP contribution >= 0.6 is 0 Å². The van der Waals surface area contributed by atoms with E-state index >= 15 is 0 Å². The summed E-state index contributed by atoms with van der Waals surface area (Å²) in [5, 5.41) is 0. The van der Waals surface area contributed by atoms with Crippen LogP contribution in [0.4, 0.5) is 0 Å². The third-order valence-electron chi connectivity index (χ3n) is 3.71. The van der Waals surface area contributed by atoms with Crippen LogP contribution in [0.2, 0.25) is 0 Å². The summed E-state index contributed by atoms with van der Waals surface area (Å²) < 4.78 is 11.5. The number of benzene rings is 2. The Bertz CT molecular complexity index is 536. The predicted octanol–water partition coefficient (Wildman–Crippen LogP) is 3.81. The zero-order valence-electron chi connectivity index (χ0n) is 11.6. The lowest BCUT2D eigenvalue weighted by atomic mass is 10.0. The summed E-state index contributed by atoms with van der Waals surface area (Å²) in [6.07, 6.45) is 2.15. The van der Waals surface area contributed by atoms with Crippen LogP contribution in [0.1, 0.15) is 23.5 Å². The van der Waals surface area contributed by atoms with E-state index in [4.69, 9.17) is 9.47 Å². The summed E-state index contributed by atoms with van der Waals surface area (Å²) in [6, 6.07) is 18.8. The Morgan fingerprint density at radius 2 is 1.80 bits per heavy atom. The van der Waals surface area contributed by atoms with E-state index in [0.29, 0.717) is 5.92 Å². The van der Waals surface area contributed by atoms with Crippen LogP contribution in [-0.2, 0) is 11.2 Å². The minimum atomic E-state index is 0.392. The monoisotopic (exact) mass is 268 g/mol. The van der Waals surface area contributed by atoms with Crippen LogP contribution in [0, 0.1) is 0 Å². The highest BCUT2D eigenvalue weighted by molar-refractivity contribution is 5.39. The molecule has 1 unspecified atom stereocenters. The Morgan fingerprint density at radius 3 is 2.70 bits per heavy atom. The summed E-state index contributed by atoms with van der Waals surface area (Å²) in [7, 11) is 0. The smallest absolute Gasteiger partial charge is 0.123 e. The van der Waals surface area contributed by atoms with E-state index in [9.17, 15) is 0 Å². The van der Waals surface area contributed by atoms with Crippen molar-refractivity contribution in [2.75, 3.05) is 19.8 Å². The standard InChI is InChI=1S/C18H20O2/c1-2-7-15(8-3-1)9-6-12-19-13-16-14-20-18-11-5-4-10-17(16)18/h1-5,7-8,10-11,16H,6,9,12-14H2. The maximum absolute atomic E-state index is 5.82. The normalized spacial score (nSPS) is 16.7. The minimum Gasteiger partial charge on any atom is -0.493 e. The first-order valence-corrected chi connectivity index (χ1v) is 7.27. The number of hydrogen-bond acceptors (Lipinski definition) is 2. The van der Waals surface area contributed by atoms with Gasteiger partial charge in [-0.1, -0.05) is 48.5 Å². The van der Waals surface area contributed by atoms with E-state index in [2.05, 4.69) is 42.5 Å². The number of ether oxygens (including phenoxy) is 2. The second-order valence-electron chi connectivity index (χ2n) is 5.21. The number of rotatable bonds is 6. The van der Waals surface area contributed by atoms with E-state index in [1.54, 1.807) is 0 Å². The fourth-order valence-electron chi connectivity index (χ4n) is 2.62. The quantitative estimate of drug-likeness (QED) is 0.742. The van der Waals surface area contributed by atoms with Gasteiger partial charge >= 0.3 is 0 Å². The molecule has 0 saturated carbocycles. The molecule has 2 heteroatoms. The number of hydrogen-bond donors (Lipinski definition) is 0. The van der Waals surface area contributed by atoms with Gasteiger partial charge < -0.3 is 9.47 Å². The van der Waals surface area contributed by atoms with Gasteiger partial charge in [-0.15, -0.1) is 0 Å². The molecule has 0 saturated heterocycles. The molecule has 20 heavy (non-hydrogen) atoms. The third kappa shape index (κ3) is 3.20. The number of fused-ring (bicyclic) bond motifs is 1. The molecule has 0 bridgehead atoms. The Morgan fingerprint density at radius 1 is 1.00 bits per heavy atom. The maximum Gasteiger partial charge on any atom is 0.123 e. The van der Waals surface area contributed by atoms with Crippen LogP contribution in [0.5, 0.6) is 5.75 Å². The zero-order chi connectivity index (χ0) is 13.6. The van der Waals surface area contributed by atoms with E-state index in [1.165, 1.54) is 11.1 Å². The van der Waals surface area contributed by atoms with Gasteiger partial charge in [0.25, 0.3) is 0 Å². The van der Waals surface area contributed by atoms with Crippen LogP contribution in [0.15, 0.2) is 54.6 Å². The summed E-state index contributed by atoms with van der Waals surface area (Å²) in [5.41, 5.74) is 2.67. The molecule has 0 radical (unpaired) electrons. The highest BCUT2D eigenvalue weighted by atomic mass is 16.5. The molecular weight excluding hydrogens is 248 g/mol. The van der Waals surface area contributed by atoms with Crippen molar-refractivity contribution in [1.29, 1.82) is 0 Å². The highest BCUT2D eigenvalue weighted by Gasteiger charge is 2.23. The first-order valence-electron chi connectivity index (χ1n) is 7.27. The van der Waals surface area contributed by atoms with Crippen molar-refractivity contribution in [3.05, 3.63) is 65.7 Å². The molecule has 2 aromatic carbocycles. The molecule has 1 aliphatic rings. The molecule has 104 valence electrons. The molecule has 0 spiro atoms. The predicted molar refractivity (Wildman–Crippen MR) is 80.3 cm³/mol. The van der Waals surface area contributed by atoms with Gasteiger partial charge in [-0.3, -0.25) is 0 Å². The molecule has 3 rings (SSSR count). The van der Waals surface area contributed by atoms with Crippen molar-refractivity contribution in [3.8, 4) is 5.75 Å². The average molecular weight is 268 g/mol. The molecule has 2 aromatic rings. The molecule has 0 aromatic heterocycles. The van der Waals surface area contributed by atoms with Gasteiger partial charge in [0.1, 0.15) is 5.75 Å². The summed E-state index contributed by atoms with van der Waals surface area (Å²) >= 11 is 0. The van der Waals surface area contributed by atoms with E-state index in [1.807, 2.05) is 12.1 Å². The topological polar surface area (TPSA) is 18.5 Å². The van der Waals surface area contributed by atoms with Crippen molar-refractivity contribution in [2.24, 2.45) is 0 Å². The van der Waals surface area contributed by atoms with Gasteiger partial charge in [0.05, 0.1) is 13.2 Å². The first kappa shape index (κ1) is 13.2. The summed E-state index contributed by atoms with van der Waals surface area (Å²) in [5.74, 6) is 1.41. The Balaban J connectivity index is 1.39. The molecule has 1 aliphatic heterocycles. The Labute approximate surface area is 120 Å². The molecular formula is C18H20O2. The lowest BCUT2D eigenvalue weighted by Gasteiger charge is -2.09. The van der Waals surface area contributed by atoms with E-state index in [0.717, 1.165) is 38.4 Å². The molecule has 1 atom stereocenters. The lowest BCUT2D eigenvalue weighted by Crippen LogP contribution is -2.10. The number of aryl methyl sites for hydroxylation is 1. The van der Waals surface area contributed by atoms with Crippen LogP contribution in [-0.4, -0.2) is 19.8 Å². The average Bonchev–Trinajstić information content (AvgIpc) is 2.91. The zero-order valence-corrected chi connectivity index (χ0v) is 11.6. The van der Waals surface area contributed by atoms with Crippen molar-refractivity contribution in [1.82, 2.24) is 0 Å². The second-order valence-corrected chi connectivity index (χ2v) is 5.21. The van der Waals surface area contributed by atoms with Crippen LogP contribution < -0.4 is 4.74 Å². The van der Waals surface area contributed by atoms with E-state index in [-0.39, 0.29) is 0 Å². The first-order chi connectivity index (χ1) is 9.93. The van der Waals surface area contributed by atoms with Crippen molar-refractivity contribution in [3.63, 3.8) is 0 Å². The van der Waals surface area contributed by atoms with Gasteiger partial charge in [-0.05, 0) is 24.5 Å². The highest BCUT2D eigenvalue weighted by Crippen LogP contribution is 2.33. The molecule has 2 nitrogen and oxygen atoms in total. The van der Waals surface area contributed by atoms with Gasteiger partial charge in [0.15, 0.2) is 0 Å². The van der Waals surface area contributed by atoms with Gasteiger partial charge in [0, 0.05) is 18.1 Å². The van der Waals surface area contributed by atoms with Crippen LogP contribution in [0.3, 0.4) is 0 Å². The van der Waals surface area contributed by atoms with Gasteiger partial charge in [0.2, 0.25) is 0 Å². The molecule has 0 fully saturated rings. The SMILES string of the molecule is c1ccc(CCCOCC2COc3ccccc32)cc1. The van der Waals surface area contributed by atoms with Gasteiger partial charge in [-0.25, -0.2) is 0 Å². The molecule has 1 heterocycles. The van der Waals surface area contributed by atoms with Crippen molar-refractivity contribution in [2.45, 2.75) is 18.8 Å². The van der Waals surface area contributed by atoms with Gasteiger partial charge in [-0.2, -0.15) is 0 Å². The fourth-order valence-corrected chi connectivity index (χ4v) is 2.62. The van der Waals surface area contributed by atoms with Crippen molar-refractivity contribution < 1.29 is 9.47 Å². The van der Waals surface area contributed by atoms with Crippen LogP contribution in [0.25, 0.3) is 0 Å².